The summed E-state index contributed by atoms with van der Waals surface area (Å²) in [6.45, 7) is 3.86. The first kappa shape index (κ1) is 10.8. The first-order chi connectivity index (χ1) is 7.61. The van der Waals surface area contributed by atoms with Crippen LogP contribution in [0, 0.1) is 0 Å². The summed E-state index contributed by atoms with van der Waals surface area (Å²) in [6, 6.07) is 7.70. The van der Waals surface area contributed by atoms with Crippen LogP contribution in [0.2, 0.25) is 0 Å². The number of anilines is 1. The Hall–Kier alpha value is -1.68. The number of rotatable bonds is 3. The number of hydrogen-bond acceptors (Lipinski definition) is 4. The molecule has 2 N–H and O–H groups in total. The summed E-state index contributed by atoms with van der Waals surface area (Å²) >= 11 is 0. The summed E-state index contributed by atoms with van der Waals surface area (Å²) < 4.78 is 0. The predicted octanol–water partition coefficient (Wildman–Crippen LogP) is 1.81. The summed E-state index contributed by atoms with van der Waals surface area (Å²) in [6.07, 6.45) is 1.68. The highest BCUT2D eigenvalue weighted by atomic mass is 16.3. The number of para-hydroxylation sites is 2. The van der Waals surface area contributed by atoms with E-state index < -0.39 is 5.54 Å². The molecule has 0 bridgehead atoms. The van der Waals surface area contributed by atoms with Crippen molar-refractivity contribution in [3.63, 3.8) is 0 Å². The van der Waals surface area contributed by atoms with E-state index in [1.54, 1.807) is 6.20 Å². The maximum Gasteiger partial charge on any atom is 0.145 e. The Balaban J connectivity index is 2.33. The summed E-state index contributed by atoms with van der Waals surface area (Å²) in [7, 11) is 0. The highest BCUT2D eigenvalue weighted by Gasteiger charge is 2.16. The van der Waals surface area contributed by atoms with Crippen molar-refractivity contribution in [2.24, 2.45) is 0 Å². The van der Waals surface area contributed by atoms with Gasteiger partial charge >= 0.3 is 0 Å². The molecule has 4 heteroatoms. The molecular formula is C12H15N3O. The lowest BCUT2D eigenvalue weighted by molar-refractivity contribution is 0.234. The highest BCUT2D eigenvalue weighted by Crippen LogP contribution is 2.15. The zero-order valence-corrected chi connectivity index (χ0v) is 9.44. The normalized spacial score (nSPS) is 11.7. The van der Waals surface area contributed by atoms with Crippen LogP contribution in [0.1, 0.15) is 13.8 Å². The van der Waals surface area contributed by atoms with E-state index in [0.29, 0.717) is 5.82 Å². The van der Waals surface area contributed by atoms with Crippen LogP contribution in [0.3, 0.4) is 0 Å². The van der Waals surface area contributed by atoms with Crippen LogP contribution in [0.15, 0.2) is 30.5 Å². The first-order valence-corrected chi connectivity index (χ1v) is 5.21. The average molecular weight is 217 g/mol. The lowest BCUT2D eigenvalue weighted by Crippen LogP contribution is -2.35. The van der Waals surface area contributed by atoms with E-state index in [1.807, 2.05) is 38.1 Å². The molecule has 0 amide bonds. The molecular weight excluding hydrogens is 202 g/mol. The van der Waals surface area contributed by atoms with Gasteiger partial charge in [-0.3, -0.25) is 4.98 Å². The second-order valence-corrected chi connectivity index (χ2v) is 4.41. The fourth-order valence-corrected chi connectivity index (χ4v) is 1.40. The Morgan fingerprint density at radius 2 is 1.94 bits per heavy atom. The van der Waals surface area contributed by atoms with Gasteiger partial charge in [0.25, 0.3) is 0 Å². The van der Waals surface area contributed by atoms with Crippen LogP contribution in [0.25, 0.3) is 11.0 Å². The Bertz CT molecular complexity index is 496. The zero-order valence-electron chi connectivity index (χ0n) is 9.44. The van der Waals surface area contributed by atoms with Gasteiger partial charge in [-0.25, -0.2) is 4.98 Å². The molecule has 84 valence electrons. The lowest BCUT2D eigenvalue weighted by atomic mass is 10.1. The molecule has 0 aliphatic rings. The third-order valence-electron chi connectivity index (χ3n) is 2.31. The van der Waals surface area contributed by atoms with Gasteiger partial charge in [-0.15, -0.1) is 0 Å². The smallest absolute Gasteiger partial charge is 0.145 e. The number of aliphatic hydroxyl groups excluding tert-OH is 1. The minimum absolute atomic E-state index is 0.0432. The van der Waals surface area contributed by atoms with Gasteiger partial charge < -0.3 is 10.4 Å². The predicted molar refractivity (Wildman–Crippen MR) is 64.3 cm³/mol. The lowest BCUT2D eigenvalue weighted by Gasteiger charge is -2.23. The van der Waals surface area contributed by atoms with Crippen molar-refractivity contribution in [3.05, 3.63) is 30.5 Å². The molecule has 0 saturated heterocycles. The van der Waals surface area contributed by atoms with Crippen molar-refractivity contribution in [1.82, 2.24) is 9.97 Å². The maximum atomic E-state index is 9.16. The van der Waals surface area contributed by atoms with Crippen LogP contribution in [0.4, 0.5) is 5.82 Å². The second kappa shape index (κ2) is 4.06. The number of fused-ring (bicyclic) bond motifs is 1. The SMILES string of the molecule is CC(C)(CO)Nc1cnc2ccccc2n1. The van der Waals surface area contributed by atoms with E-state index in [4.69, 9.17) is 5.11 Å². The van der Waals surface area contributed by atoms with Crippen molar-refractivity contribution in [1.29, 1.82) is 0 Å². The van der Waals surface area contributed by atoms with Gasteiger partial charge in [0.05, 0.1) is 29.4 Å². The first-order valence-electron chi connectivity index (χ1n) is 5.21. The fourth-order valence-electron chi connectivity index (χ4n) is 1.40. The van der Waals surface area contributed by atoms with Gasteiger partial charge in [-0.05, 0) is 26.0 Å². The molecule has 0 spiro atoms. The van der Waals surface area contributed by atoms with E-state index in [9.17, 15) is 0 Å². The number of aromatic nitrogens is 2. The zero-order chi connectivity index (χ0) is 11.6. The fraction of sp³-hybridized carbons (Fsp3) is 0.333. The molecule has 1 heterocycles. The molecule has 0 aliphatic carbocycles. The Kier molecular flexibility index (Phi) is 2.75. The number of hydrogen-bond donors (Lipinski definition) is 2. The van der Waals surface area contributed by atoms with Crippen LogP contribution in [0.5, 0.6) is 0 Å². The van der Waals surface area contributed by atoms with Crippen molar-refractivity contribution in [3.8, 4) is 0 Å². The average Bonchev–Trinajstić information content (AvgIpc) is 2.28. The van der Waals surface area contributed by atoms with Crippen LogP contribution < -0.4 is 5.32 Å². The van der Waals surface area contributed by atoms with Gasteiger partial charge in [-0.2, -0.15) is 0 Å². The number of benzene rings is 1. The Labute approximate surface area is 94.4 Å². The van der Waals surface area contributed by atoms with E-state index in [-0.39, 0.29) is 6.61 Å². The molecule has 0 fully saturated rings. The number of nitrogens with zero attached hydrogens (tertiary/aromatic N) is 2. The monoisotopic (exact) mass is 217 g/mol. The molecule has 0 aliphatic heterocycles. The second-order valence-electron chi connectivity index (χ2n) is 4.41. The minimum atomic E-state index is -0.392. The molecule has 0 saturated carbocycles. The van der Waals surface area contributed by atoms with Gasteiger partial charge in [-0.1, -0.05) is 12.1 Å². The minimum Gasteiger partial charge on any atom is -0.394 e. The third-order valence-corrected chi connectivity index (χ3v) is 2.31. The summed E-state index contributed by atoms with van der Waals surface area (Å²) in [4.78, 5) is 8.72. The van der Waals surface area contributed by atoms with Crippen molar-refractivity contribution in [2.75, 3.05) is 11.9 Å². The third kappa shape index (κ3) is 2.28. The molecule has 1 aromatic carbocycles. The number of aliphatic hydroxyl groups is 1. The van der Waals surface area contributed by atoms with Crippen molar-refractivity contribution in [2.45, 2.75) is 19.4 Å². The summed E-state index contributed by atoms with van der Waals surface area (Å²) in [5.41, 5.74) is 1.33. The Morgan fingerprint density at radius 3 is 2.62 bits per heavy atom. The molecule has 4 nitrogen and oxygen atoms in total. The molecule has 2 rings (SSSR count). The van der Waals surface area contributed by atoms with E-state index in [1.165, 1.54) is 0 Å². The highest BCUT2D eigenvalue weighted by molar-refractivity contribution is 5.75. The number of nitrogens with one attached hydrogen (secondary N) is 1. The van der Waals surface area contributed by atoms with Crippen LogP contribution in [-0.2, 0) is 0 Å². The van der Waals surface area contributed by atoms with Crippen molar-refractivity contribution < 1.29 is 5.11 Å². The topological polar surface area (TPSA) is 58.0 Å². The van der Waals surface area contributed by atoms with Gasteiger partial charge in [0.1, 0.15) is 5.82 Å². The van der Waals surface area contributed by atoms with E-state index >= 15 is 0 Å². The summed E-state index contributed by atoms with van der Waals surface area (Å²) in [5, 5.41) is 12.3. The van der Waals surface area contributed by atoms with E-state index in [0.717, 1.165) is 11.0 Å². The molecule has 0 radical (unpaired) electrons. The molecule has 0 unspecified atom stereocenters. The van der Waals surface area contributed by atoms with Crippen LogP contribution >= 0.6 is 0 Å². The van der Waals surface area contributed by atoms with Gasteiger partial charge in [0.15, 0.2) is 0 Å². The van der Waals surface area contributed by atoms with Crippen LogP contribution in [-0.4, -0.2) is 27.2 Å². The van der Waals surface area contributed by atoms with Gasteiger partial charge in [0, 0.05) is 0 Å². The van der Waals surface area contributed by atoms with E-state index in [2.05, 4.69) is 15.3 Å². The van der Waals surface area contributed by atoms with Crippen molar-refractivity contribution >= 4 is 16.9 Å². The Morgan fingerprint density at radius 1 is 1.25 bits per heavy atom. The molecule has 1 aromatic heterocycles. The largest absolute Gasteiger partial charge is 0.394 e. The molecule has 16 heavy (non-hydrogen) atoms. The van der Waals surface area contributed by atoms with Gasteiger partial charge in [0.2, 0.25) is 0 Å². The maximum absolute atomic E-state index is 9.16. The molecule has 2 aromatic rings. The standard InChI is InChI=1S/C12H15N3O/c1-12(2,8-16)15-11-7-13-9-5-3-4-6-10(9)14-11/h3-7,16H,8H2,1-2H3,(H,14,15). The molecule has 0 atom stereocenters. The quantitative estimate of drug-likeness (QED) is 0.823. The summed E-state index contributed by atoms with van der Waals surface area (Å²) in [5.74, 6) is 0.678.